The standard InChI is InChI=1S/C11H18N2O2/c1-5-8(11(14)15-4)10-12-6-9(13-10)7(2)3/h6-8H,5H2,1-4H3,(H,12,13). The second kappa shape index (κ2) is 4.96. The van der Waals surface area contributed by atoms with Gasteiger partial charge >= 0.3 is 5.97 Å². The molecule has 0 radical (unpaired) electrons. The molecule has 4 nitrogen and oxygen atoms in total. The summed E-state index contributed by atoms with van der Waals surface area (Å²) in [5.74, 6) is 0.583. The summed E-state index contributed by atoms with van der Waals surface area (Å²) in [5.41, 5.74) is 1.05. The fourth-order valence-corrected chi connectivity index (χ4v) is 1.44. The molecule has 4 heteroatoms. The van der Waals surface area contributed by atoms with Gasteiger partial charge in [-0.3, -0.25) is 4.79 Å². The Bertz CT molecular complexity index is 331. The number of rotatable bonds is 4. The molecular formula is C11H18N2O2. The van der Waals surface area contributed by atoms with Crippen molar-refractivity contribution in [3.05, 3.63) is 17.7 Å². The number of ether oxygens (including phenoxy) is 1. The minimum Gasteiger partial charge on any atom is -0.468 e. The number of H-pyrrole nitrogens is 1. The Kier molecular flexibility index (Phi) is 3.88. The molecule has 1 N–H and O–H groups in total. The molecule has 0 saturated heterocycles. The summed E-state index contributed by atoms with van der Waals surface area (Å²) in [6, 6.07) is 0. The van der Waals surface area contributed by atoms with Gasteiger partial charge in [0.25, 0.3) is 0 Å². The van der Waals surface area contributed by atoms with Crippen molar-refractivity contribution in [1.29, 1.82) is 0 Å². The van der Waals surface area contributed by atoms with Crippen molar-refractivity contribution in [1.82, 2.24) is 9.97 Å². The van der Waals surface area contributed by atoms with E-state index in [9.17, 15) is 4.79 Å². The van der Waals surface area contributed by atoms with E-state index in [0.29, 0.717) is 18.2 Å². The van der Waals surface area contributed by atoms with E-state index in [4.69, 9.17) is 4.74 Å². The number of methoxy groups -OCH3 is 1. The van der Waals surface area contributed by atoms with Crippen LogP contribution in [0.4, 0.5) is 0 Å². The number of hydrogen-bond acceptors (Lipinski definition) is 3. The third-order valence-corrected chi connectivity index (χ3v) is 2.46. The molecule has 1 heterocycles. The molecule has 1 unspecified atom stereocenters. The van der Waals surface area contributed by atoms with Crippen LogP contribution >= 0.6 is 0 Å². The first-order chi connectivity index (χ1) is 7.10. The van der Waals surface area contributed by atoms with E-state index >= 15 is 0 Å². The van der Waals surface area contributed by atoms with Gasteiger partial charge in [-0.1, -0.05) is 20.8 Å². The highest BCUT2D eigenvalue weighted by Gasteiger charge is 2.22. The van der Waals surface area contributed by atoms with Gasteiger partial charge in [-0.2, -0.15) is 0 Å². The van der Waals surface area contributed by atoms with Crippen molar-refractivity contribution in [2.24, 2.45) is 0 Å². The van der Waals surface area contributed by atoms with Gasteiger partial charge in [-0.05, 0) is 12.3 Å². The van der Waals surface area contributed by atoms with Gasteiger partial charge in [0, 0.05) is 11.9 Å². The van der Waals surface area contributed by atoms with E-state index in [-0.39, 0.29) is 11.9 Å². The minimum absolute atomic E-state index is 0.234. The molecular weight excluding hydrogens is 192 g/mol. The second-order valence-corrected chi connectivity index (χ2v) is 3.86. The molecule has 1 rings (SSSR count). The Morgan fingerprint density at radius 3 is 2.67 bits per heavy atom. The topological polar surface area (TPSA) is 55.0 Å². The van der Waals surface area contributed by atoms with E-state index in [1.165, 1.54) is 7.11 Å². The number of carbonyl (C=O) groups is 1. The molecule has 1 aromatic rings. The first-order valence-corrected chi connectivity index (χ1v) is 5.22. The van der Waals surface area contributed by atoms with Crippen LogP contribution in [0.5, 0.6) is 0 Å². The lowest BCUT2D eigenvalue weighted by Gasteiger charge is -2.09. The SMILES string of the molecule is CCC(C(=O)OC)c1ncc(C(C)C)[nH]1. The summed E-state index contributed by atoms with van der Waals surface area (Å²) in [7, 11) is 1.40. The number of aromatic amines is 1. The predicted octanol–water partition coefficient (Wildman–Crippen LogP) is 2.20. The van der Waals surface area contributed by atoms with Crippen LogP contribution in [0.15, 0.2) is 6.20 Å². The minimum atomic E-state index is -0.275. The largest absolute Gasteiger partial charge is 0.468 e. The van der Waals surface area contributed by atoms with Crippen molar-refractivity contribution < 1.29 is 9.53 Å². The number of carbonyl (C=O) groups excluding carboxylic acids is 1. The Hall–Kier alpha value is -1.32. The zero-order valence-corrected chi connectivity index (χ0v) is 9.70. The number of imidazole rings is 1. The third-order valence-electron chi connectivity index (χ3n) is 2.46. The van der Waals surface area contributed by atoms with Gasteiger partial charge in [-0.15, -0.1) is 0 Å². The molecule has 0 aliphatic carbocycles. The van der Waals surface area contributed by atoms with Crippen molar-refractivity contribution in [3.63, 3.8) is 0 Å². The predicted molar refractivity (Wildman–Crippen MR) is 57.7 cm³/mol. The number of esters is 1. The van der Waals surface area contributed by atoms with Crippen LogP contribution in [0, 0.1) is 0 Å². The van der Waals surface area contributed by atoms with E-state index < -0.39 is 0 Å². The smallest absolute Gasteiger partial charge is 0.316 e. The Morgan fingerprint density at radius 2 is 2.27 bits per heavy atom. The van der Waals surface area contributed by atoms with E-state index in [2.05, 4.69) is 23.8 Å². The molecule has 0 aliphatic heterocycles. The van der Waals surface area contributed by atoms with Crippen LogP contribution in [-0.4, -0.2) is 23.0 Å². The third kappa shape index (κ3) is 2.58. The van der Waals surface area contributed by atoms with Crippen molar-refractivity contribution >= 4 is 5.97 Å². The molecule has 0 fully saturated rings. The maximum absolute atomic E-state index is 11.4. The average Bonchev–Trinajstić information content (AvgIpc) is 2.68. The maximum atomic E-state index is 11.4. The van der Waals surface area contributed by atoms with Crippen LogP contribution in [-0.2, 0) is 9.53 Å². The number of aromatic nitrogens is 2. The molecule has 84 valence electrons. The summed E-state index contributed by atoms with van der Waals surface area (Å²) in [6.45, 7) is 6.10. The Morgan fingerprint density at radius 1 is 1.60 bits per heavy atom. The molecule has 15 heavy (non-hydrogen) atoms. The molecule has 0 aromatic carbocycles. The summed E-state index contributed by atoms with van der Waals surface area (Å²) in [6.07, 6.45) is 2.48. The second-order valence-electron chi connectivity index (χ2n) is 3.86. The summed E-state index contributed by atoms with van der Waals surface area (Å²) >= 11 is 0. The quantitative estimate of drug-likeness (QED) is 0.775. The van der Waals surface area contributed by atoms with Gasteiger partial charge in [0.2, 0.25) is 0 Å². The fraction of sp³-hybridized carbons (Fsp3) is 0.636. The molecule has 1 atom stereocenters. The van der Waals surface area contributed by atoms with E-state index in [1.54, 1.807) is 6.20 Å². The number of nitrogens with one attached hydrogen (secondary N) is 1. The van der Waals surface area contributed by atoms with Gasteiger partial charge < -0.3 is 9.72 Å². The van der Waals surface area contributed by atoms with Gasteiger partial charge in [0.1, 0.15) is 11.7 Å². The molecule has 0 amide bonds. The van der Waals surface area contributed by atoms with E-state index in [0.717, 1.165) is 5.69 Å². The van der Waals surface area contributed by atoms with Crippen molar-refractivity contribution in [2.45, 2.75) is 39.0 Å². The Balaban J connectivity index is 2.88. The van der Waals surface area contributed by atoms with Crippen LogP contribution in [0.25, 0.3) is 0 Å². The summed E-state index contributed by atoms with van der Waals surface area (Å²) < 4.78 is 4.73. The average molecular weight is 210 g/mol. The maximum Gasteiger partial charge on any atom is 0.316 e. The highest BCUT2D eigenvalue weighted by atomic mass is 16.5. The van der Waals surface area contributed by atoms with Crippen molar-refractivity contribution in [3.8, 4) is 0 Å². The van der Waals surface area contributed by atoms with Gasteiger partial charge in [0.15, 0.2) is 0 Å². The Labute approximate surface area is 90.1 Å². The lowest BCUT2D eigenvalue weighted by atomic mass is 10.1. The molecule has 0 saturated carbocycles. The lowest BCUT2D eigenvalue weighted by molar-refractivity contribution is -0.142. The summed E-state index contributed by atoms with van der Waals surface area (Å²) in [5, 5.41) is 0. The highest BCUT2D eigenvalue weighted by molar-refractivity contribution is 5.76. The van der Waals surface area contributed by atoms with Crippen LogP contribution in [0.3, 0.4) is 0 Å². The summed E-state index contributed by atoms with van der Waals surface area (Å²) in [4.78, 5) is 18.8. The van der Waals surface area contributed by atoms with Crippen molar-refractivity contribution in [2.75, 3.05) is 7.11 Å². The van der Waals surface area contributed by atoms with Crippen LogP contribution in [0.1, 0.15) is 50.5 Å². The molecule has 0 aliphatic rings. The number of hydrogen-bond donors (Lipinski definition) is 1. The fourth-order valence-electron chi connectivity index (χ4n) is 1.44. The highest BCUT2D eigenvalue weighted by Crippen LogP contribution is 2.20. The van der Waals surface area contributed by atoms with Crippen LogP contribution < -0.4 is 0 Å². The molecule has 1 aromatic heterocycles. The van der Waals surface area contributed by atoms with Gasteiger partial charge in [0.05, 0.1) is 7.11 Å². The number of nitrogens with zero attached hydrogens (tertiary/aromatic N) is 1. The molecule has 0 spiro atoms. The monoisotopic (exact) mass is 210 g/mol. The lowest BCUT2D eigenvalue weighted by Crippen LogP contribution is -2.14. The zero-order chi connectivity index (χ0) is 11.4. The first-order valence-electron chi connectivity index (χ1n) is 5.22. The van der Waals surface area contributed by atoms with Crippen LogP contribution in [0.2, 0.25) is 0 Å². The van der Waals surface area contributed by atoms with Gasteiger partial charge in [-0.25, -0.2) is 4.98 Å². The normalized spacial score (nSPS) is 12.9. The zero-order valence-electron chi connectivity index (χ0n) is 9.70. The molecule has 0 bridgehead atoms. The first kappa shape index (κ1) is 11.8. The van der Waals surface area contributed by atoms with E-state index in [1.807, 2.05) is 6.92 Å².